The molecule has 0 unspecified atom stereocenters. The molecule has 0 radical (unpaired) electrons. The van der Waals surface area contributed by atoms with Crippen molar-refractivity contribution >= 4 is 53.1 Å². The van der Waals surface area contributed by atoms with E-state index in [1.807, 2.05) is 18.2 Å². The molecule has 0 saturated carbocycles. The Hall–Kier alpha value is -5.71. The quantitative estimate of drug-likeness (QED) is 0.204. The fourth-order valence-corrected chi connectivity index (χ4v) is 7.41. The first-order valence-corrected chi connectivity index (χ1v) is 15.8. The summed E-state index contributed by atoms with van der Waals surface area (Å²) in [5.74, 6) is 2.01. The van der Waals surface area contributed by atoms with Crippen molar-refractivity contribution in [1.82, 2.24) is 15.0 Å². The van der Waals surface area contributed by atoms with E-state index >= 15 is 0 Å². The van der Waals surface area contributed by atoms with Crippen LogP contribution in [0.15, 0.2) is 152 Å². The Balaban J connectivity index is 1.18. The zero-order valence-electron chi connectivity index (χ0n) is 24.2. The van der Waals surface area contributed by atoms with Gasteiger partial charge in [-0.25, -0.2) is 15.0 Å². The number of hydrogen-bond donors (Lipinski definition) is 0. The van der Waals surface area contributed by atoms with Gasteiger partial charge in [0, 0.05) is 36.9 Å². The van der Waals surface area contributed by atoms with E-state index in [1.165, 1.54) is 47.5 Å². The molecule has 3 nitrogen and oxygen atoms in total. The monoisotopic (exact) mass is 591 g/mol. The number of benzene rings is 7. The van der Waals surface area contributed by atoms with Gasteiger partial charge in [0.1, 0.15) is 0 Å². The molecule has 0 amide bonds. The molecule has 0 spiro atoms. The number of rotatable bonds is 4. The first kappa shape index (κ1) is 25.8. The Morgan fingerprint density at radius 1 is 0.356 bits per heavy atom. The van der Waals surface area contributed by atoms with Gasteiger partial charge in [0.15, 0.2) is 17.5 Å². The topological polar surface area (TPSA) is 38.7 Å². The van der Waals surface area contributed by atoms with Crippen LogP contribution in [0.3, 0.4) is 0 Å². The van der Waals surface area contributed by atoms with Crippen LogP contribution in [0.2, 0.25) is 0 Å². The molecule has 2 heterocycles. The molecular formula is C41H25N3S. The van der Waals surface area contributed by atoms with Crippen molar-refractivity contribution < 1.29 is 0 Å². The summed E-state index contributed by atoms with van der Waals surface area (Å²) in [6.07, 6.45) is 0. The average Bonchev–Trinajstić information content (AvgIpc) is 3.50. The highest BCUT2D eigenvalue weighted by Gasteiger charge is 2.16. The molecule has 0 aliphatic heterocycles. The van der Waals surface area contributed by atoms with Gasteiger partial charge >= 0.3 is 0 Å². The van der Waals surface area contributed by atoms with Gasteiger partial charge in [-0.1, -0.05) is 121 Å². The van der Waals surface area contributed by atoms with Gasteiger partial charge in [-0.3, -0.25) is 0 Å². The van der Waals surface area contributed by atoms with Crippen molar-refractivity contribution in [3.05, 3.63) is 152 Å². The van der Waals surface area contributed by atoms with Crippen molar-refractivity contribution in [2.45, 2.75) is 0 Å². The SMILES string of the molecule is c1ccc(-c2nc(-c3ccc4cc(-c5ccc6ccccc6c5)ccc4c3)nc(-c3cccc4c3sc3ccccc34)n2)cc1. The second kappa shape index (κ2) is 10.5. The number of hydrogen-bond acceptors (Lipinski definition) is 4. The van der Waals surface area contributed by atoms with E-state index in [0.717, 1.165) is 22.1 Å². The second-order valence-corrected chi connectivity index (χ2v) is 12.3. The Labute approximate surface area is 264 Å². The highest BCUT2D eigenvalue weighted by atomic mass is 32.1. The molecule has 9 aromatic rings. The molecule has 0 atom stereocenters. The minimum absolute atomic E-state index is 0.664. The standard InChI is InChI=1S/C41H25N3S/c1-2-10-27(11-3-1)39-42-40(44-41(43-39)36-15-8-14-35-34-13-6-7-16-37(34)45-38(35)36)33-22-21-31-24-30(19-20-32(31)25-33)29-18-17-26-9-4-5-12-28(26)23-29/h1-25H. The van der Waals surface area contributed by atoms with Gasteiger partial charge in [0.05, 0.1) is 0 Å². The lowest BCUT2D eigenvalue weighted by atomic mass is 9.98. The van der Waals surface area contributed by atoms with Crippen molar-refractivity contribution in [2.24, 2.45) is 0 Å². The van der Waals surface area contributed by atoms with E-state index in [-0.39, 0.29) is 0 Å². The maximum Gasteiger partial charge on any atom is 0.165 e. The van der Waals surface area contributed by atoms with Crippen LogP contribution >= 0.6 is 11.3 Å². The lowest BCUT2D eigenvalue weighted by Gasteiger charge is -2.10. The van der Waals surface area contributed by atoms with Crippen LogP contribution in [-0.2, 0) is 0 Å². The van der Waals surface area contributed by atoms with Crippen LogP contribution in [-0.4, -0.2) is 15.0 Å². The van der Waals surface area contributed by atoms with Gasteiger partial charge in [-0.2, -0.15) is 0 Å². The van der Waals surface area contributed by atoms with Crippen molar-refractivity contribution in [3.8, 4) is 45.3 Å². The molecule has 0 saturated heterocycles. The van der Waals surface area contributed by atoms with Gasteiger partial charge in [0.25, 0.3) is 0 Å². The molecule has 210 valence electrons. The zero-order chi connectivity index (χ0) is 29.7. The van der Waals surface area contributed by atoms with E-state index in [9.17, 15) is 0 Å². The average molecular weight is 592 g/mol. The summed E-state index contributed by atoms with van der Waals surface area (Å²) in [6, 6.07) is 53.4. The number of fused-ring (bicyclic) bond motifs is 5. The Kier molecular flexibility index (Phi) is 6.00. The first-order chi connectivity index (χ1) is 22.3. The number of thiophene rings is 1. The van der Waals surface area contributed by atoms with E-state index in [4.69, 9.17) is 15.0 Å². The third kappa shape index (κ3) is 4.55. The van der Waals surface area contributed by atoms with Crippen molar-refractivity contribution in [3.63, 3.8) is 0 Å². The highest BCUT2D eigenvalue weighted by Crippen LogP contribution is 2.39. The summed E-state index contributed by atoms with van der Waals surface area (Å²) in [6.45, 7) is 0. The fourth-order valence-electron chi connectivity index (χ4n) is 6.20. The molecule has 9 rings (SSSR count). The van der Waals surface area contributed by atoms with E-state index in [0.29, 0.717) is 17.5 Å². The van der Waals surface area contributed by atoms with E-state index < -0.39 is 0 Å². The minimum Gasteiger partial charge on any atom is -0.208 e. The Bertz CT molecular complexity index is 2550. The molecule has 7 aromatic carbocycles. The van der Waals surface area contributed by atoms with E-state index in [1.54, 1.807) is 11.3 Å². The molecular weight excluding hydrogens is 567 g/mol. The number of aromatic nitrogens is 3. The summed E-state index contributed by atoms with van der Waals surface area (Å²) in [7, 11) is 0. The van der Waals surface area contributed by atoms with Crippen LogP contribution in [0.4, 0.5) is 0 Å². The van der Waals surface area contributed by atoms with Gasteiger partial charge < -0.3 is 0 Å². The molecule has 0 fully saturated rings. The largest absolute Gasteiger partial charge is 0.208 e. The highest BCUT2D eigenvalue weighted by molar-refractivity contribution is 7.26. The third-order valence-electron chi connectivity index (χ3n) is 8.49. The first-order valence-electron chi connectivity index (χ1n) is 15.0. The smallest absolute Gasteiger partial charge is 0.165 e. The maximum atomic E-state index is 5.11. The molecule has 45 heavy (non-hydrogen) atoms. The maximum absolute atomic E-state index is 5.11. The molecule has 2 aromatic heterocycles. The predicted molar refractivity (Wildman–Crippen MR) is 189 cm³/mol. The van der Waals surface area contributed by atoms with Crippen LogP contribution in [0, 0.1) is 0 Å². The Morgan fingerprint density at radius 2 is 0.911 bits per heavy atom. The van der Waals surface area contributed by atoms with Crippen molar-refractivity contribution in [2.75, 3.05) is 0 Å². The van der Waals surface area contributed by atoms with Crippen molar-refractivity contribution in [1.29, 1.82) is 0 Å². The minimum atomic E-state index is 0.664. The molecule has 4 heteroatoms. The van der Waals surface area contributed by atoms with Crippen LogP contribution in [0.25, 0.3) is 87.0 Å². The lowest BCUT2D eigenvalue weighted by Crippen LogP contribution is -2.00. The van der Waals surface area contributed by atoms with Gasteiger partial charge in [-0.05, 0) is 63.0 Å². The van der Waals surface area contributed by atoms with Gasteiger partial charge in [-0.15, -0.1) is 11.3 Å². The molecule has 0 aliphatic carbocycles. The summed E-state index contributed by atoms with van der Waals surface area (Å²) in [4.78, 5) is 15.1. The second-order valence-electron chi connectivity index (χ2n) is 11.3. The third-order valence-corrected chi connectivity index (χ3v) is 9.71. The molecule has 0 aliphatic rings. The number of nitrogens with zero attached hydrogens (tertiary/aromatic N) is 3. The summed E-state index contributed by atoms with van der Waals surface area (Å²) in [5.41, 5.74) is 5.36. The van der Waals surface area contributed by atoms with Crippen LogP contribution in [0.1, 0.15) is 0 Å². The normalized spacial score (nSPS) is 11.6. The summed E-state index contributed by atoms with van der Waals surface area (Å²) >= 11 is 1.79. The Morgan fingerprint density at radius 3 is 1.71 bits per heavy atom. The predicted octanol–water partition coefficient (Wildman–Crippen LogP) is 11.2. The van der Waals surface area contributed by atoms with Gasteiger partial charge in [0.2, 0.25) is 0 Å². The van der Waals surface area contributed by atoms with Crippen LogP contribution in [0.5, 0.6) is 0 Å². The van der Waals surface area contributed by atoms with Crippen LogP contribution < -0.4 is 0 Å². The summed E-state index contributed by atoms with van der Waals surface area (Å²) < 4.78 is 2.45. The fraction of sp³-hybridized carbons (Fsp3) is 0. The lowest BCUT2D eigenvalue weighted by molar-refractivity contribution is 1.08. The zero-order valence-corrected chi connectivity index (χ0v) is 25.0. The molecule has 0 bridgehead atoms. The van der Waals surface area contributed by atoms with E-state index in [2.05, 4.69) is 133 Å². The summed E-state index contributed by atoms with van der Waals surface area (Å²) in [5, 5.41) is 7.31. The molecule has 0 N–H and O–H groups in total.